The molecule has 1 unspecified atom stereocenters. The van der Waals surface area contributed by atoms with Crippen molar-refractivity contribution in [1.82, 2.24) is 0 Å². The van der Waals surface area contributed by atoms with Crippen LogP contribution in [0.5, 0.6) is 0 Å². The van der Waals surface area contributed by atoms with Gasteiger partial charge in [-0.15, -0.1) is 11.6 Å². The monoisotopic (exact) mass is 212 g/mol. The molecule has 0 aromatic heterocycles. The average Bonchev–Trinajstić information content (AvgIpc) is 1.99. The number of halogens is 1. The van der Waals surface area contributed by atoms with Gasteiger partial charge in [-0.1, -0.05) is 13.8 Å². The van der Waals surface area contributed by atoms with E-state index < -0.39 is 9.84 Å². The summed E-state index contributed by atoms with van der Waals surface area (Å²) < 4.78 is 21.7. The Morgan fingerprint density at radius 3 is 2.17 bits per heavy atom. The van der Waals surface area contributed by atoms with Crippen molar-refractivity contribution in [3.05, 3.63) is 0 Å². The Morgan fingerprint density at radius 2 is 1.92 bits per heavy atom. The molecule has 12 heavy (non-hydrogen) atoms. The summed E-state index contributed by atoms with van der Waals surface area (Å²) in [7, 11) is -2.84. The van der Waals surface area contributed by atoms with E-state index in [0.29, 0.717) is 12.3 Å². The van der Waals surface area contributed by atoms with Crippen molar-refractivity contribution in [1.29, 1.82) is 0 Å². The van der Waals surface area contributed by atoms with E-state index in [1.165, 1.54) is 6.26 Å². The lowest BCUT2D eigenvalue weighted by Gasteiger charge is -2.24. The fourth-order valence-electron chi connectivity index (χ4n) is 0.770. The van der Waals surface area contributed by atoms with Crippen LogP contribution < -0.4 is 0 Å². The van der Waals surface area contributed by atoms with Crippen LogP contribution in [0.25, 0.3) is 0 Å². The summed E-state index contributed by atoms with van der Waals surface area (Å²) in [4.78, 5) is 0. The van der Waals surface area contributed by atoms with Crippen LogP contribution in [0.2, 0.25) is 0 Å². The third-order valence-electron chi connectivity index (χ3n) is 2.25. The molecule has 0 aromatic carbocycles. The molecule has 1 atom stereocenters. The van der Waals surface area contributed by atoms with Crippen LogP contribution in [0.3, 0.4) is 0 Å². The molecule has 0 aliphatic rings. The predicted octanol–water partition coefficient (Wildman–Crippen LogP) is 2.08. The first-order chi connectivity index (χ1) is 5.33. The number of hydrogen-bond acceptors (Lipinski definition) is 2. The molecule has 0 aliphatic heterocycles. The van der Waals surface area contributed by atoms with Crippen LogP contribution in [0.1, 0.15) is 26.7 Å². The van der Waals surface area contributed by atoms with E-state index in [1.54, 1.807) is 0 Å². The van der Waals surface area contributed by atoms with E-state index in [4.69, 9.17) is 11.6 Å². The lowest BCUT2D eigenvalue weighted by Crippen LogP contribution is -2.21. The molecule has 74 valence electrons. The van der Waals surface area contributed by atoms with Crippen LogP contribution in [-0.4, -0.2) is 26.3 Å². The molecule has 0 rings (SSSR count). The average molecular weight is 213 g/mol. The molecular formula is C8H17ClO2S. The van der Waals surface area contributed by atoms with Gasteiger partial charge in [0.25, 0.3) is 0 Å². The van der Waals surface area contributed by atoms with Crippen molar-refractivity contribution in [2.24, 2.45) is 5.41 Å². The van der Waals surface area contributed by atoms with Crippen molar-refractivity contribution in [2.75, 3.05) is 17.9 Å². The molecular weight excluding hydrogens is 196 g/mol. The van der Waals surface area contributed by atoms with Gasteiger partial charge in [-0.3, -0.25) is 0 Å². The van der Waals surface area contributed by atoms with Crippen LogP contribution in [0.15, 0.2) is 0 Å². The predicted molar refractivity (Wildman–Crippen MR) is 53.4 cm³/mol. The summed E-state index contributed by atoms with van der Waals surface area (Å²) >= 11 is 5.74. The second-order valence-electron chi connectivity index (χ2n) is 3.68. The standard InChI is InChI=1S/C8H17ClO2S/c1-4-8(2,7-9)5-6-12(3,10)11/h4-7H2,1-3H3. The van der Waals surface area contributed by atoms with Crippen LogP contribution in [-0.2, 0) is 9.84 Å². The van der Waals surface area contributed by atoms with Crippen molar-refractivity contribution in [2.45, 2.75) is 26.7 Å². The largest absolute Gasteiger partial charge is 0.229 e. The van der Waals surface area contributed by atoms with Gasteiger partial charge in [0.2, 0.25) is 0 Å². The lowest BCUT2D eigenvalue weighted by molar-refractivity contribution is 0.345. The lowest BCUT2D eigenvalue weighted by atomic mass is 9.87. The summed E-state index contributed by atoms with van der Waals surface area (Å²) in [5.41, 5.74) is -0.0232. The number of alkyl halides is 1. The van der Waals surface area contributed by atoms with Gasteiger partial charge in [0.15, 0.2) is 0 Å². The van der Waals surface area contributed by atoms with Crippen molar-refractivity contribution in [3.63, 3.8) is 0 Å². The van der Waals surface area contributed by atoms with Gasteiger partial charge in [0.05, 0.1) is 5.75 Å². The Hall–Kier alpha value is 0.240. The molecule has 0 fully saturated rings. The minimum absolute atomic E-state index is 0.0232. The summed E-state index contributed by atoms with van der Waals surface area (Å²) in [6, 6.07) is 0. The molecule has 0 aromatic rings. The maximum Gasteiger partial charge on any atom is 0.147 e. The highest BCUT2D eigenvalue weighted by Crippen LogP contribution is 2.27. The Balaban J connectivity index is 4.07. The molecule has 0 heterocycles. The molecule has 2 nitrogen and oxygen atoms in total. The van der Waals surface area contributed by atoms with E-state index in [-0.39, 0.29) is 11.2 Å². The Bertz CT molecular complexity index is 217. The zero-order valence-electron chi connectivity index (χ0n) is 7.93. The topological polar surface area (TPSA) is 34.1 Å². The minimum Gasteiger partial charge on any atom is -0.229 e. The van der Waals surface area contributed by atoms with E-state index in [2.05, 4.69) is 0 Å². The Labute approximate surface area is 80.2 Å². The van der Waals surface area contributed by atoms with Gasteiger partial charge in [-0.2, -0.15) is 0 Å². The van der Waals surface area contributed by atoms with Gasteiger partial charge >= 0.3 is 0 Å². The van der Waals surface area contributed by atoms with Crippen LogP contribution in [0.4, 0.5) is 0 Å². The summed E-state index contributed by atoms with van der Waals surface area (Å²) in [5.74, 6) is 0.767. The molecule has 0 N–H and O–H groups in total. The maximum atomic E-state index is 10.9. The third-order valence-corrected chi connectivity index (χ3v) is 3.84. The molecule has 0 amide bonds. The van der Waals surface area contributed by atoms with Gasteiger partial charge in [-0.25, -0.2) is 8.42 Å². The van der Waals surface area contributed by atoms with Crippen molar-refractivity contribution < 1.29 is 8.42 Å². The van der Waals surface area contributed by atoms with Crippen LogP contribution >= 0.6 is 11.6 Å². The number of rotatable bonds is 5. The van der Waals surface area contributed by atoms with Crippen molar-refractivity contribution in [3.8, 4) is 0 Å². The molecule has 4 heteroatoms. The molecule has 0 saturated heterocycles. The van der Waals surface area contributed by atoms with E-state index >= 15 is 0 Å². The summed E-state index contributed by atoms with van der Waals surface area (Å²) in [6.45, 7) is 4.05. The quantitative estimate of drug-likeness (QED) is 0.654. The summed E-state index contributed by atoms with van der Waals surface area (Å²) in [6.07, 6.45) is 2.84. The second kappa shape index (κ2) is 4.47. The highest BCUT2D eigenvalue weighted by molar-refractivity contribution is 7.90. The Kier molecular flexibility index (Phi) is 4.56. The van der Waals surface area contributed by atoms with Gasteiger partial charge in [0.1, 0.15) is 9.84 Å². The van der Waals surface area contributed by atoms with Gasteiger partial charge in [0, 0.05) is 12.1 Å². The maximum absolute atomic E-state index is 10.9. The molecule has 0 bridgehead atoms. The first-order valence-corrected chi connectivity index (χ1v) is 6.66. The van der Waals surface area contributed by atoms with E-state index in [1.807, 2.05) is 13.8 Å². The molecule has 0 aliphatic carbocycles. The van der Waals surface area contributed by atoms with Gasteiger partial charge in [-0.05, 0) is 18.3 Å². The zero-order valence-corrected chi connectivity index (χ0v) is 9.50. The first-order valence-electron chi connectivity index (χ1n) is 4.07. The van der Waals surface area contributed by atoms with Crippen LogP contribution in [0, 0.1) is 5.41 Å². The van der Waals surface area contributed by atoms with E-state index in [0.717, 1.165) is 6.42 Å². The minimum atomic E-state index is -2.84. The smallest absolute Gasteiger partial charge is 0.147 e. The highest BCUT2D eigenvalue weighted by atomic mass is 35.5. The fraction of sp³-hybridized carbons (Fsp3) is 1.00. The second-order valence-corrected chi connectivity index (χ2v) is 6.20. The van der Waals surface area contributed by atoms with E-state index in [9.17, 15) is 8.42 Å². The normalized spacial score (nSPS) is 17.3. The van der Waals surface area contributed by atoms with Crippen molar-refractivity contribution >= 4 is 21.4 Å². The summed E-state index contributed by atoms with van der Waals surface area (Å²) in [5, 5.41) is 0. The SMILES string of the molecule is CCC(C)(CCl)CCS(C)(=O)=O. The molecule has 0 spiro atoms. The Morgan fingerprint density at radius 1 is 1.42 bits per heavy atom. The highest BCUT2D eigenvalue weighted by Gasteiger charge is 2.22. The molecule has 0 saturated carbocycles. The number of sulfone groups is 1. The first kappa shape index (κ1) is 12.2. The number of hydrogen-bond donors (Lipinski definition) is 0. The zero-order chi connectivity index (χ0) is 9.83. The molecule has 0 radical (unpaired) electrons. The fourth-order valence-corrected chi connectivity index (χ4v) is 1.96. The van der Waals surface area contributed by atoms with Gasteiger partial charge < -0.3 is 0 Å². The third kappa shape index (κ3) is 4.99.